The fourth-order valence-electron chi connectivity index (χ4n) is 1.93. The van der Waals surface area contributed by atoms with Crippen LogP contribution in [0.4, 0.5) is 0 Å². The summed E-state index contributed by atoms with van der Waals surface area (Å²) in [6, 6.07) is 4.10. The minimum atomic E-state index is -0.301. The Morgan fingerprint density at radius 2 is 2.07 bits per heavy atom. The van der Waals surface area contributed by atoms with Crippen LogP contribution in [0.15, 0.2) is 18.7 Å². The predicted octanol–water partition coefficient (Wildman–Crippen LogP) is 2.37. The Labute approximate surface area is 83.2 Å². The van der Waals surface area contributed by atoms with Gasteiger partial charge in [0.1, 0.15) is 6.61 Å². The third-order valence-corrected chi connectivity index (χ3v) is 2.47. The zero-order chi connectivity index (χ0) is 10.3. The third-order valence-electron chi connectivity index (χ3n) is 2.47. The minimum absolute atomic E-state index is 0.301. The van der Waals surface area contributed by atoms with Crippen LogP contribution in [0.25, 0.3) is 5.57 Å². The maximum atomic E-state index is 11.3. The van der Waals surface area contributed by atoms with Crippen LogP contribution in [0.5, 0.6) is 0 Å². The van der Waals surface area contributed by atoms with Crippen LogP contribution in [0.2, 0.25) is 0 Å². The Kier molecular flexibility index (Phi) is 1.92. The summed E-state index contributed by atoms with van der Waals surface area (Å²) in [7, 11) is 0. The van der Waals surface area contributed by atoms with Crippen molar-refractivity contribution in [2.75, 3.05) is 0 Å². The van der Waals surface area contributed by atoms with Crippen molar-refractivity contribution in [1.82, 2.24) is 0 Å². The quantitative estimate of drug-likeness (QED) is 0.461. The average Bonchev–Trinajstić information content (AvgIpc) is 2.10. The second-order valence-electron chi connectivity index (χ2n) is 3.67. The van der Waals surface area contributed by atoms with Crippen LogP contribution in [-0.4, -0.2) is 5.97 Å². The van der Waals surface area contributed by atoms with Gasteiger partial charge in [0.05, 0.1) is 5.57 Å². The number of hydrogen-bond donors (Lipinski definition) is 0. The fourth-order valence-corrected chi connectivity index (χ4v) is 1.93. The Morgan fingerprint density at radius 1 is 1.36 bits per heavy atom. The van der Waals surface area contributed by atoms with E-state index >= 15 is 0 Å². The summed E-state index contributed by atoms with van der Waals surface area (Å²) in [5.41, 5.74) is 4.79. The number of rotatable bonds is 0. The highest BCUT2D eigenvalue weighted by molar-refractivity contribution is 6.17. The van der Waals surface area contributed by atoms with E-state index in [-0.39, 0.29) is 5.97 Å². The maximum absolute atomic E-state index is 11.3. The zero-order valence-electron chi connectivity index (χ0n) is 8.39. The average molecular weight is 188 g/mol. The molecule has 0 atom stereocenters. The molecule has 0 amide bonds. The normalized spacial score (nSPS) is 15.0. The molecule has 0 bridgehead atoms. The van der Waals surface area contributed by atoms with Gasteiger partial charge in [0, 0.05) is 0 Å². The summed E-state index contributed by atoms with van der Waals surface area (Å²) in [5, 5.41) is 0. The van der Waals surface area contributed by atoms with Crippen molar-refractivity contribution < 1.29 is 9.53 Å². The first-order chi connectivity index (χ1) is 6.59. The molecule has 2 rings (SSSR count). The number of carbonyl (C=O) groups is 1. The second-order valence-corrected chi connectivity index (χ2v) is 3.67. The van der Waals surface area contributed by atoms with E-state index in [1.165, 1.54) is 5.56 Å². The Bertz CT molecular complexity index is 430. The lowest BCUT2D eigenvalue weighted by Crippen LogP contribution is -2.16. The SMILES string of the molecule is C=C1C(=O)OCc2cc(C)cc(C)c21. The molecule has 2 nitrogen and oxygen atoms in total. The number of cyclic esters (lactones) is 1. The molecule has 0 aromatic heterocycles. The molecule has 0 aliphatic carbocycles. The monoisotopic (exact) mass is 188 g/mol. The zero-order valence-corrected chi connectivity index (χ0v) is 8.39. The van der Waals surface area contributed by atoms with E-state index in [1.54, 1.807) is 0 Å². The van der Waals surface area contributed by atoms with Gasteiger partial charge in [-0.05, 0) is 30.5 Å². The van der Waals surface area contributed by atoms with Crippen molar-refractivity contribution >= 4 is 11.5 Å². The van der Waals surface area contributed by atoms with E-state index in [9.17, 15) is 4.79 Å². The first-order valence-electron chi connectivity index (χ1n) is 4.56. The molecule has 1 heterocycles. The highest BCUT2D eigenvalue weighted by atomic mass is 16.5. The van der Waals surface area contributed by atoms with Gasteiger partial charge in [-0.2, -0.15) is 0 Å². The van der Waals surface area contributed by atoms with E-state index < -0.39 is 0 Å². The van der Waals surface area contributed by atoms with E-state index in [4.69, 9.17) is 4.74 Å². The van der Waals surface area contributed by atoms with Gasteiger partial charge >= 0.3 is 5.97 Å². The largest absolute Gasteiger partial charge is 0.457 e. The summed E-state index contributed by atoms with van der Waals surface area (Å²) < 4.78 is 4.99. The summed E-state index contributed by atoms with van der Waals surface area (Å²) in [5.74, 6) is -0.301. The lowest BCUT2D eigenvalue weighted by Gasteiger charge is -2.20. The van der Waals surface area contributed by atoms with Gasteiger partial charge in [-0.1, -0.05) is 24.3 Å². The Hall–Kier alpha value is -1.57. The molecule has 1 aromatic rings. The van der Waals surface area contributed by atoms with Crippen molar-refractivity contribution in [3.63, 3.8) is 0 Å². The molecule has 0 saturated carbocycles. The first kappa shape index (κ1) is 9.00. The number of fused-ring (bicyclic) bond motifs is 1. The predicted molar refractivity (Wildman–Crippen MR) is 54.7 cm³/mol. The van der Waals surface area contributed by atoms with E-state index in [1.807, 2.05) is 19.9 Å². The molecule has 0 N–H and O–H groups in total. The number of carbonyl (C=O) groups excluding carboxylic acids is 1. The molecule has 14 heavy (non-hydrogen) atoms. The molecule has 72 valence electrons. The lowest BCUT2D eigenvalue weighted by atomic mass is 9.92. The van der Waals surface area contributed by atoms with Crippen LogP contribution in [0.1, 0.15) is 22.3 Å². The maximum Gasteiger partial charge on any atom is 0.338 e. The number of hydrogen-bond acceptors (Lipinski definition) is 2. The number of ether oxygens (including phenoxy) is 1. The van der Waals surface area contributed by atoms with Crippen molar-refractivity contribution in [3.05, 3.63) is 41.0 Å². The highest BCUT2D eigenvalue weighted by Crippen LogP contribution is 2.29. The molecule has 0 fully saturated rings. The van der Waals surface area contributed by atoms with Crippen molar-refractivity contribution in [2.24, 2.45) is 0 Å². The lowest BCUT2D eigenvalue weighted by molar-refractivity contribution is -0.138. The van der Waals surface area contributed by atoms with Gasteiger partial charge < -0.3 is 4.74 Å². The first-order valence-corrected chi connectivity index (χ1v) is 4.56. The van der Waals surface area contributed by atoms with Crippen LogP contribution < -0.4 is 0 Å². The van der Waals surface area contributed by atoms with Gasteiger partial charge in [0.25, 0.3) is 0 Å². The van der Waals surface area contributed by atoms with Crippen LogP contribution in [0, 0.1) is 13.8 Å². The van der Waals surface area contributed by atoms with Gasteiger partial charge in [-0.15, -0.1) is 0 Å². The van der Waals surface area contributed by atoms with Crippen LogP contribution >= 0.6 is 0 Å². The van der Waals surface area contributed by atoms with Gasteiger partial charge in [0.2, 0.25) is 0 Å². The number of benzene rings is 1. The standard InChI is InChI=1S/C12H12O2/c1-7-4-8(2)11-9(3)12(13)14-6-10(11)5-7/h4-5H,3,6H2,1-2H3. The van der Waals surface area contributed by atoms with Crippen molar-refractivity contribution in [1.29, 1.82) is 0 Å². The van der Waals surface area contributed by atoms with E-state index in [0.29, 0.717) is 12.2 Å². The third kappa shape index (κ3) is 1.23. The van der Waals surface area contributed by atoms with Crippen molar-refractivity contribution in [2.45, 2.75) is 20.5 Å². The summed E-state index contributed by atoms with van der Waals surface area (Å²) in [4.78, 5) is 11.3. The van der Waals surface area contributed by atoms with Gasteiger partial charge in [-0.3, -0.25) is 0 Å². The number of aryl methyl sites for hydroxylation is 2. The van der Waals surface area contributed by atoms with Crippen molar-refractivity contribution in [3.8, 4) is 0 Å². The summed E-state index contributed by atoms with van der Waals surface area (Å²) >= 11 is 0. The second kappa shape index (κ2) is 2.98. The van der Waals surface area contributed by atoms with E-state index in [0.717, 1.165) is 16.7 Å². The topological polar surface area (TPSA) is 26.3 Å². The van der Waals surface area contributed by atoms with Crippen LogP contribution in [-0.2, 0) is 16.1 Å². The minimum Gasteiger partial charge on any atom is -0.457 e. The molecule has 0 unspecified atom stereocenters. The molecular formula is C12H12O2. The number of esters is 1. The molecular weight excluding hydrogens is 176 g/mol. The van der Waals surface area contributed by atoms with Crippen LogP contribution in [0.3, 0.4) is 0 Å². The fraction of sp³-hybridized carbons (Fsp3) is 0.250. The Balaban J connectivity index is 2.66. The molecule has 2 heteroatoms. The molecule has 0 saturated heterocycles. The molecule has 0 radical (unpaired) electrons. The summed E-state index contributed by atoms with van der Waals surface area (Å²) in [6.45, 7) is 8.15. The van der Waals surface area contributed by atoms with E-state index in [2.05, 4.69) is 12.6 Å². The Morgan fingerprint density at radius 3 is 2.79 bits per heavy atom. The van der Waals surface area contributed by atoms with Gasteiger partial charge in [-0.25, -0.2) is 4.79 Å². The molecule has 1 aromatic carbocycles. The summed E-state index contributed by atoms with van der Waals surface area (Å²) in [6.07, 6.45) is 0. The smallest absolute Gasteiger partial charge is 0.338 e. The molecule has 0 spiro atoms. The van der Waals surface area contributed by atoms with Gasteiger partial charge in [0.15, 0.2) is 0 Å². The molecule has 1 aliphatic rings. The molecule has 1 aliphatic heterocycles. The highest BCUT2D eigenvalue weighted by Gasteiger charge is 2.22.